The standard InChI is InChI=1S/C11H16N6O/c1-3-13-8-7-17-5-4-14-11(17)10(16-8)15-6-9(18)12-2/h4-5,7,13H,3,6H2,1-2H3,(H,12,18)(H,15,16). The summed E-state index contributed by atoms with van der Waals surface area (Å²) >= 11 is 0. The summed E-state index contributed by atoms with van der Waals surface area (Å²) in [6, 6.07) is 0. The Kier molecular flexibility index (Phi) is 3.61. The smallest absolute Gasteiger partial charge is 0.239 e. The van der Waals surface area contributed by atoms with Gasteiger partial charge >= 0.3 is 0 Å². The predicted molar refractivity (Wildman–Crippen MR) is 69.7 cm³/mol. The fraction of sp³-hybridized carbons (Fsp3) is 0.364. The lowest BCUT2D eigenvalue weighted by Gasteiger charge is -2.09. The highest BCUT2D eigenvalue weighted by atomic mass is 16.1. The Balaban J connectivity index is 2.28. The van der Waals surface area contributed by atoms with Crippen molar-refractivity contribution in [2.45, 2.75) is 6.92 Å². The molecule has 2 aromatic rings. The molecule has 0 aromatic carbocycles. The fourth-order valence-electron chi connectivity index (χ4n) is 1.57. The van der Waals surface area contributed by atoms with E-state index in [0.29, 0.717) is 11.5 Å². The molecule has 0 atom stereocenters. The summed E-state index contributed by atoms with van der Waals surface area (Å²) < 4.78 is 1.86. The summed E-state index contributed by atoms with van der Waals surface area (Å²) in [6.07, 6.45) is 5.39. The van der Waals surface area contributed by atoms with Crippen molar-refractivity contribution in [1.82, 2.24) is 19.7 Å². The molecule has 2 aromatic heterocycles. The first-order chi connectivity index (χ1) is 8.74. The lowest BCUT2D eigenvalue weighted by Crippen LogP contribution is -2.26. The van der Waals surface area contributed by atoms with Gasteiger partial charge in [-0.3, -0.25) is 4.79 Å². The van der Waals surface area contributed by atoms with Crippen LogP contribution in [-0.4, -0.2) is 40.4 Å². The number of carbonyl (C=O) groups is 1. The predicted octanol–water partition coefficient (Wildman–Crippen LogP) is 0.319. The number of amides is 1. The number of imidazole rings is 1. The largest absolute Gasteiger partial charge is 0.369 e. The Morgan fingerprint density at radius 2 is 2.28 bits per heavy atom. The van der Waals surface area contributed by atoms with Gasteiger partial charge in [0.05, 0.1) is 12.7 Å². The zero-order chi connectivity index (χ0) is 13.0. The van der Waals surface area contributed by atoms with E-state index in [-0.39, 0.29) is 12.5 Å². The minimum atomic E-state index is -0.102. The van der Waals surface area contributed by atoms with Crippen molar-refractivity contribution in [3.63, 3.8) is 0 Å². The van der Waals surface area contributed by atoms with Gasteiger partial charge < -0.3 is 20.4 Å². The minimum absolute atomic E-state index is 0.102. The number of rotatable bonds is 5. The number of likely N-dealkylation sites (N-methyl/N-ethyl adjacent to an activating group) is 1. The average Bonchev–Trinajstić information content (AvgIpc) is 2.84. The Morgan fingerprint density at radius 1 is 1.44 bits per heavy atom. The maximum absolute atomic E-state index is 11.2. The van der Waals surface area contributed by atoms with Crippen molar-refractivity contribution in [3.8, 4) is 0 Å². The highest BCUT2D eigenvalue weighted by Crippen LogP contribution is 2.15. The van der Waals surface area contributed by atoms with Gasteiger partial charge in [0, 0.05) is 26.0 Å². The van der Waals surface area contributed by atoms with E-state index >= 15 is 0 Å². The molecule has 2 heterocycles. The highest BCUT2D eigenvalue weighted by Gasteiger charge is 2.08. The molecule has 0 aliphatic heterocycles. The van der Waals surface area contributed by atoms with Crippen LogP contribution >= 0.6 is 0 Å². The molecule has 0 fully saturated rings. The van der Waals surface area contributed by atoms with Gasteiger partial charge in [-0.05, 0) is 6.92 Å². The van der Waals surface area contributed by atoms with Gasteiger partial charge in [-0.15, -0.1) is 0 Å². The van der Waals surface area contributed by atoms with Crippen molar-refractivity contribution >= 4 is 23.2 Å². The van der Waals surface area contributed by atoms with Crippen molar-refractivity contribution in [2.75, 3.05) is 30.8 Å². The van der Waals surface area contributed by atoms with E-state index in [1.165, 1.54) is 0 Å². The summed E-state index contributed by atoms with van der Waals surface area (Å²) in [7, 11) is 1.59. The SMILES string of the molecule is CCNc1cn2ccnc2c(NCC(=O)NC)n1. The first kappa shape index (κ1) is 12.2. The first-order valence-electron chi connectivity index (χ1n) is 5.76. The van der Waals surface area contributed by atoms with Crippen molar-refractivity contribution < 1.29 is 4.79 Å². The summed E-state index contributed by atoms with van der Waals surface area (Å²) in [6.45, 7) is 2.95. The topological polar surface area (TPSA) is 83.3 Å². The van der Waals surface area contributed by atoms with E-state index in [0.717, 1.165) is 12.4 Å². The van der Waals surface area contributed by atoms with E-state index in [2.05, 4.69) is 25.9 Å². The molecule has 2 rings (SSSR count). The minimum Gasteiger partial charge on any atom is -0.369 e. The summed E-state index contributed by atoms with van der Waals surface area (Å²) in [5.41, 5.74) is 0.695. The van der Waals surface area contributed by atoms with E-state index in [4.69, 9.17) is 0 Å². The normalized spacial score (nSPS) is 10.3. The molecule has 0 aliphatic carbocycles. The molecule has 1 amide bonds. The van der Waals surface area contributed by atoms with Crippen LogP contribution in [0.25, 0.3) is 5.65 Å². The highest BCUT2D eigenvalue weighted by molar-refractivity contribution is 5.81. The molecule has 3 N–H and O–H groups in total. The zero-order valence-electron chi connectivity index (χ0n) is 10.4. The molecule has 0 spiro atoms. The summed E-state index contributed by atoms with van der Waals surface area (Å²) in [5.74, 6) is 1.22. The average molecular weight is 248 g/mol. The molecule has 7 heteroatoms. The number of nitrogens with zero attached hydrogens (tertiary/aromatic N) is 3. The van der Waals surface area contributed by atoms with E-state index < -0.39 is 0 Å². The van der Waals surface area contributed by atoms with Crippen LogP contribution in [0.5, 0.6) is 0 Å². The van der Waals surface area contributed by atoms with Gasteiger partial charge in [0.15, 0.2) is 11.5 Å². The molecular formula is C11H16N6O. The second-order valence-corrected chi connectivity index (χ2v) is 3.69. The number of hydrogen-bond donors (Lipinski definition) is 3. The molecule has 18 heavy (non-hydrogen) atoms. The number of anilines is 2. The Hall–Kier alpha value is -2.31. The third-order valence-electron chi connectivity index (χ3n) is 2.43. The molecular weight excluding hydrogens is 232 g/mol. The van der Waals surface area contributed by atoms with Crippen LogP contribution in [0.2, 0.25) is 0 Å². The zero-order valence-corrected chi connectivity index (χ0v) is 10.4. The maximum atomic E-state index is 11.2. The lowest BCUT2D eigenvalue weighted by molar-refractivity contribution is -0.118. The van der Waals surface area contributed by atoms with Gasteiger partial charge in [-0.2, -0.15) is 0 Å². The maximum Gasteiger partial charge on any atom is 0.239 e. The van der Waals surface area contributed by atoms with Crippen LogP contribution < -0.4 is 16.0 Å². The van der Waals surface area contributed by atoms with Gasteiger partial charge in [-0.25, -0.2) is 9.97 Å². The van der Waals surface area contributed by atoms with Crippen molar-refractivity contribution in [3.05, 3.63) is 18.6 Å². The number of aromatic nitrogens is 3. The molecule has 0 unspecified atom stereocenters. The number of nitrogens with one attached hydrogen (secondary N) is 3. The molecule has 7 nitrogen and oxygen atoms in total. The quantitative estimate of drug-likeness (QED) is 0.709. The number of carbonyl (C=O) groups excluding carboxylic acids is 1. The summed E-state index contributed by atoms with van der Waals surface area (Å²) in [4.78, 5) is 19.8. The lowest BCUT2D eigenvalue weighted by atomic mass is 10.5. The third kappa shape index (κ3) is 2.50. The molecule has 0 bridgehead atoms. The van der Waals surface area contributed by atoms with Gasteiger partial charge in [0.2, 0.25) is 5.91 Å². The number of fused-ring (bicyclic) bond motifs is 1. The molecule has 0 aliphatic rings. The Bertz CT molecular complexity index is 549. The second kappa shape index (κ2) is 5.35. The summed E-state index contributed by atoms with van der Waals surface area (Å²) in [5, 5.41) is 8.65. The van der Waals surface area contributed by atoms with E-state index in [1.807, 2.05) is 23.7 Å². The number of hydrogen-bond acceptors (Lipinski definition) is 5. The van der Waals surface area contributed by atoms with Gasteiger partial charge in [0.1, 0.15) is 5.82 Å². The Morgan fingerprint density at radius 3 is 3.00 bits per heavy atom. The first-order valence-corrected chi connectivity index (χ1v) is 5.76. The van der Waals surface area contributed by atoms with Crippen LogP contribution in [0, 0.1) is 0 Å². The molecule has 0 radical (unpaired) electrons. The van der Waals surface area contributed by atoms with Crippen LogP contribution in [0.15, 0.2) is 18.6 Å². The van der Waals surface area contributed by atoms with E-state index in [9.17, 15) is 4.79 Å². The molecule has 96 valence electrons. The van der Waals surface area contributed by atoms with Gasteiger partial charge in [-0.1, -0.05) is 0 Å². The van der Waals surface area contributed by atoms with Crippen LogP contribution in [0.4, 0.5) is 11.6 Å². The van der Waals surface area contributed by atoms with Gasteiger partial charge in [0.25, 0.3) is 0 Å². The Labute approximate surface area is 105 Å². The molecule has 0 saturated carbocycles. The fourth-order valence-corrected chi connectivity index (χ4v) is 1.57. The van der Waals surface area contributed by atoms with Crippen molar-refractivity contribution in [1.29, 1.82) is 0 Å². The third-order valence-corrected chi connectivity index (χ3v) is 2.43. The van der Waals surface area contributed by atoms with Crippen LogP contribution in [0.3, 0.4) is 0 Å². The monoisotopic (exact) mass is 248 g/mol. The molecule has 0 saturated heterocycles. The van der Waals surface area contributed by atoms with Crippen LogP contribution in [0.1, 0.15) is 6.92 Å². The second-order valence-electron chi connectivity index (χ2n) is 3.69. The van der Waals surface area contributed by atoms with Crippen molar-refractivity contribution in [2.24, 2.45) is 0 Å². The van der Waals surface area contributed by atoms with E-state index in [1.54, 1.807) is 13.2 Å². The van der Waals surface area contributed by atoms with Crippen LogP contribution in [-0.2, 0) is 4.79 Å².